The van der Waals surface area contributed by atoms with Crippen molar-refractivity contribution in [1.82, 2.24) is 19.6 Å². The van der Waals surface area contributed by atoms with Crippen LogP contribution in [0.2, 0.25) is 0 Å². The lowest BCUT2D eigenvalue weighted by Crippen LogP contribution is -2.17. The van der Waals surface area contributed by atoms with Crippen LogP contribution in [0.25, 0.3) is 27.0 Å². The average Bonchev–Trinajstić information content (AvgIpc) is 3.40. The van der Waals surface area contributed by atoms with Gasteiger partial charge in [0.25, 0.3) is 11.8 Å². The van der Waals surface area contributed by atoms with Gasteiger partial charge >= 0.3 is 6.18 Å². The highest BCUT2D eigenvalue weighted by molar-refractivity contribution is 7.21. The number of carbonyl (C=O) groups is 2. The van der Waals surface area contributed by atoms with Gasteiger partial charge < -0.3 is 11.1 Å². The Morgan fingerprint density at radius 3 is 2.51 bits per heavy atom. The maximum atomic E-state index is 13.6. The van der Waals surface area contributed by atoms with E-state index in [4.69, 9.17) is 5.73 Å². The number of pyridine rings is 1. The number of halogens is 4. The Labute approximate surface area is 197 Å². The number of anilines is 1. The van der Waals surface area contributed by atoms with Gasteiger partial charge in [-0.25, -0.2) is 18.9 Å². The molecule has 5 aromatic rings. The molecule has 1 aromatic carbocycles. The summed E-state index contributed by atoms with van der Waals surface area (Å²) in [6, 6.07) is 8.51. The first-order valence-electron chi connectivity index (χ1n) is 9.84. The van der Waals surface area contributed by atoms with E-state index in [1.165, 1.54) is 28.9 Å². The van der Waals surface area contributed by atoms with Crippen LogP contribution >= 0.6 is 11.3 Å². The molecule has 0 radical (unpaired) electrons. The molecule has 0 aliphatic heterocycles. The number of nitrogens with zero attached hydrogens (tertiary/aromatic N) is 4. The van der Waals surface area contributed by atoms with Gasteiger partial charge in [0.1, 0.15) is 21.2 Å². The second-order valence-corrected chi connectivity index (χ2v) is 8.32. The summed E-state index contributed by atoms with van der Waals surface area (Å²) >= 11 is 0.604. The molecule has 0 spiro atoms. The van der Waals surface area contributed by atoms with Crippen LogP contribution in [0.4, 0.5) is 23.2 Å². The molecule has 4 aromatic heterocycles. The van der Waals surface area contributed by atoms with Crippen molar-refractivity contribution in [2.75, 3.05) is 5.32 Å². The Morgan fingerprint density at radius 2 is 1.86 bits per heavy atom. The smallest absolute Gasteiger partial charge is 0.365 e. The molecule has 8 nitrogen and oxygen atoms in total. The number of fused-ring (bicyclic) bond motifs is 2. The highest BCUT2D eigenvalue weighted by Crippen LogP contribution is 2.43. The zero-order chi connectivity index (χ0) is 24.9. The SMILES string of the molecule is NC(=O)c1sc2nc(C(F)(F)F)cc(-c3ccc(F)cc3)c2c1NC(=O)c1cc2ncccn2n1. The van der Waals surface area contributed by atoms with E-state index in [9.17, 15) is 27.2 Å². The van der Waals surface area contributed by atoms with Crippen LogP contribution in [-0.4, -0.2) is 31.4 Å². The third kappa shape index (κ3) is 4.05. The predicted octanol–water partition coefficient (Wildman–Crippen LogP) is 4.52. The number of nitrogens with one attached hydrogen (secondary N) is 1. The zero-order valence-electron chi connectivity index (χ0n) is 17.3. The summed E-state index contributed by atoms with van der Waals surface area (Å²) in [5.74, 6) is -2.31. The molecule has 0 aliphatic carbocycles. The van der Waals surface area contributed by atoms with Crippen molar-refractivity contribution in [3.05, 3.63) is 76.9 Å². The maximum absolute atomic E-state index is 13.6. The Kier molecular flexibility index (Phi) is 5.20. The summed E-state index contributed by atoms with van der Waals surface area (Å²) in [4.78, 5) is 32.5. The summed E-state index contributed by atoms with van der Waals surface area (Å²) in [6.07, 6.45) is -1.72. The molecule has 176 valence electrons. The molecule has 35 heavy (non-hydrogen) atoms. The number of nitrogens with two attached hydrogens (primary N) is 1. The largest absolute Gasteiger partial charge is 0.433 e. The number of aromatic nitrogens is 4. The maximum Gasteiger partial charge on any atom is 0.433 e. The minimum atomic E-state index is -4.80. The van der Waals surface area contributed by atoms with E-state index in [0.29, 0.717) is 17.0 Å². The van der Waals surface area contributed by atoms with Crippen LogP contribution in [0, 0.1) is 5.82 Å². The number of amides is 2. The van der Waals surface area contributed by atoms with Crippen molar-refractivity contribution >= 4 is 44.7 Å². The number of rotatable bonds is 4. The molecule has 0 saturated carbocycles. The lowest BCUT2D eigenvalue weighted by Gasteiger charge is -2.12. The van der Waals surface area contributed by atoms with Gasteiger partial charge in [-0.3, -0.25) is 9.59 Å². The van der Waals surface area contributed by atoms with E-state index in [0.717, 1.165) is 18.2 Å². The third-order valence-corrected chi connectivity index (χ3v) is 6.14. The molecule has 0 unspecified atom stereocenters. The first-order valence-corrected chi connectivity index (χ1v) is 10.7. The van der Waals surface area contributed by atoms with Gasteiger partial charge in [-0.2, -0.15) is 18.3 Å². The average molecular weight is 500 g/mol. The van der Waals surface area contributed by atoms with Crippen molar-refractivity contribution in [2.24, 2.45) is 5.73 Å². The Bertz CT molecular complexity index is 1590. The molecule has 13 heteroatoms. The summed E-state index contributed by atoms with van der Waals surface area (Å²) in [6.45, 7) is 0. The molecule has 0 fully saturated rings. The fourth-order valence-corrected chi connectivity index (χ4v) is 4.52. The predicted molar refractivity (Wildman–Crippen MR) is 119 cm³/mol. The van der Waals surface area contributed by atoms with Crippen molar-refractivity contribution in [2.45, 2.75) is 6.18 Å². The quantitative estimate of drug-likeness (QED) is 0.352. The second kappa shape index (κ2) is 8.13. The molecule has 0 aliphatic rings. The number of hydrogen-bond acceptors (Lipinski definition) is 6. The minimum Gasteiger partial charge on any atom is -0.365 e. The molecule has 0 saturated heterocycles. The van der Waals surface area contributed by atoms with Gasteiger partial charge in [-0.1, -0.05) is 12.1 Å². The molecule has 2 amide bonds. The second-order valence-electron chi connectivity index (χ2n) is 7.32. The van der Waals surface area contributed by atoms with E-state index in [-0.39, 0.29) is 37.6 Å². The number of carbonyl (C=O) groups excluding carboxylic acids is 2. The molecule has 0 bridgehead atoms. The van der Waals surface area contributed by atoms with E-state index < -0.39 is 29.5 Å². The van der Waals surface area contributed by atoms with Crippen LogP contribution in [0.5, 0.6) is 0 Å². The van der Waals surface area contributed by atoms with Gasteiger partial charge in [0.15, 0.2) is 11.3 Å². The Hall–Kier alpha value is -4.39. The van der Waals surface area contributed by atoms with Gasteiger partial charge in [-0.05, 0) is 35.4 Å². The molecule has 5 rings (SSSR count). The fraction of sp³-hybridized carbons (Fsp3) is 0.0455. The van der Waals surface area contributed by atoms with Crippen molar-refractivity contribution in [3.63, 3.8) is 0 Å². The molecule has 3 N–H and O–H groups in total. The lowest BCUT2D eigenvalue weighted by atomic mass is 10.0. The Balaban J connectivity index is 1.72. The Morgan fingerprint density at radius 1 is 1.11 bits per heavy atom. The molecular weight excluding hydrogens is 488 g/mol. The van der Waals surface area contributed by atoms with Crippen LogP contribution in [-0.2, 0) is 6.18 Å². The number of hydrogen-bond donors (Lipinski definition) is 2. The monoisotopic (exact) mass is 500 g/mol. The standard InChI is InChI=1S/C22H12F4N6O2S/c23-11-4-2-10(3-5-11)12-8-14(22(24,25)26)29-21-16(12)17(18(35-21)19(27)33)30-20(34)13-9-15-28-6-1-7-32(15)31-13/h1-9H,(H2,27,33)(H,30,34). The van der Waals surface area contributed by atoms with Crippen molar-refractivity contribution in [1.29, 1.82) is 0 Å². The summed E-state index contributed by atoms with van der Waals surface area (Å²) in [5, 5.41) is 6.71. The molecular formula is C22H12F4N6O2S. The normalized spacial score (nSPS) is 11.8. The zero-order valence-corrected chi connectivity index (χ0v) is 18.1. The minimum absolute atomic E-state index is 0.0157. The topological polar surface area (TPSA) is 115 Å². The number of thiophene rings is 1. The van der Waals surface area contributed by atoms with Crippen LogP contribution in [0.15, 0.2) is 54.9 Å². The van der Waals surface area contributed by atoms with Crippen LogP contribution < -0.4 is 11.1 Å². The van der Waals surface area contributed by atoms with E-state index in [2.05, 4.69) is 20.4 Å². The van der Waals surface area contributed by atoms with Gasteiger partial charge in [0, 0.05) is 23.8 Å². The first-order chi connectivity index (χ1) is 16.6. The van der Waals surface area contributed by atoms with Crippen molar-refractivity contribution in [3.8, 4) is 11.1 Å². The highest BCUT2D eigenvalue weighted by Gasteiger charge is 2.35. The lowest BCUT2D eigenvalue weighted by molar-refractivity contribution is -0.140. The van der Waals surface area contributed by atoms with Gasteiger partial charge in [0.2, 0.25) is 0 Å². The first kappa shape index (κ1) is 22.4. The van der Waals surface area contributed by atoms with Crippen LogP contribution in [0.1, 0.15) is 25.9 Å². The summed E-state index contributed by atoms with van der Waals surface area (Å²) in [7, 11) is 0. The summed E-state index contributed by atoms with van der Waals surface area (Å²) < 4.78 is 55.6. The van der Waals surface area contributed by atoms with E-state index in [1.807, 2.05) is 0 Å². The number of benzene rings is 1. The fourth-order valence-electron chi connectivity index (χ4n) is 3.51. The number of primary amides is 1. The third-order valence-electron chi connectivity index (χ3n) is 5.04. The van der Waals surface area contributed by atoms with Gasteiger partial charge in [0.05, 0.1) is 5.69 Å². The van der Waals surface area contributed by atoms with Crippen LogP contribution in [0.3, 0.4) is 0 Å². The van der Waals surface area contributed by atoms with E-state index >= 15 is 0 Å². The summed E-state index contributed by atoms with van der Waals surface area (Å²) in [5.41, 5.74) is 4.67. The number of alkyl halides is 3. The molecule has 0 atom stereocenters. The molecule has 4 heterocycles. The van der Waals surface area contributed by atoms with Gasteiger partial charge in [-0.15, -0.1) is 11.3 Å². The van der Waals surface area contributed by atoms with E-state index in [1.54, 1.807) is 12.3 Å². The highest BCUT2D eigenvalue weighted by atomic mass is 32.1. The van der Waals surface area contributed by atoms with Crippen molar-refractivity contribution < 1.29 is 27.2 Å².